The van der Waals surface area contributed by atoms with E-state index >= 15 is 0 Å². The second kappa shape index (κ2) is 4.55. The molecule has 2 heterocycles. The van der Waals surface area contributed by atoms with Crippen LogP contribution in [0.3, 0.4) is 0 Å². The quantitative estimate of drug-likeness (QED) is 0.716. The van der Waals surface area contributed by atoms with Crippen molar-refractivity contribution in [1.82, 2.24) is 15.1 Å². The number of morpholine rings is 1. The summed E-state index contributed by atoms with van der Waals surface area (Å²) in [6, 6.07) is 1.53. The Morgan fingerprint density at radius 1 is 1.80 bits per heavy atom. The van der Waals surface area contributed by atoms with E-state index < -0.39 is 0 Å². The molecule has 5 heteroatoms. The van der Waals surface area contributed by atoms with Crippen LogP contribution < -0.4 is 5.32 Å². The number of hydrogen-bond donors (Lipinski definition) is 1. The molecule has 1 aromatic heterocycles. The summed E-state index contributed by atoms with van der Waals surface area (Å²) in [5, 5.41) is 7.22. The molecule has 1 N–H and O–H groups in total. The van der Waals surface area contributed by atoms with Crippen molar-refractivity contribution < 1.29 is 9.53 Å². The third-order valence-corrected chi connectivity index (χ3v) is 2.51. The Hall–Kier alpha value is -1.20. The van der Waals surface area contributed by atoms with Crippen LogP contribution in [0.2, 0.25) is 0 Å². The molecule has 1 fully saturated rings. The van der Waals surface area contributed by atoms with E-state index in [1.165, 1.54) is 0 Å². The number of aromatic nitrogens is 2. The maximum atomic E-state index is 12.0. The van der Waals surface area contributed by atoms with Gasteiger partial charge in [-0.1, -0.05) is 0 Å². The second-order valence-corrected chi connectivity index (χ2v) is 3.48. The molecule has 1 aromatic rings. The Labute approximate surface area is 88.4 Å². The van der Waals surface area contributed by atoms with E-state index in [0.717, 1.165) is 6.54 Å². The molecule has 5 nitrogen and oxygen atoms in total. The first-order valence-electron chi connectivity index (χ1n) is 5.20. The van der Waals surface area contributed by atoms with Gasteiger partial charge < -0.3 is 10.1 Å². The SMILES string of the molecule is CCn1nccc1C(=O)C1COCCN1. The second-order valence-electron chi connectivity index (χ2n) is 3.48. The number of rotatable bonds is 3. The lowest BCUT2D eigenvalue weighted by Crippen LogP contribution is -2.47. The van der Waals surface area contributed by atoms with Crippen molar-refractivity contribution in [3.63, 3.8) is 0 Å². The molecule has 15 heavy (non-hydrogen) atoms. The van der Waals surface area contributed by atoms with Crippen LogP contribution in [0.25, 0.3) is 0 Å². The summed E-state index contributed by atoms with van der Waals surface area (Å²) in [4.78, 5) is 12.0. The molecule has 0 aliphatic carbocycles. The third kappa shape index (κ3) is 2.08. The highest BCUT2D eigenvalue weighted by Gasteiger charge is 2.24. The Morgan fingerprint density at radius 2 is 2.67 bits per heavy atom. The third-order valence-electron chi connectivity index (χ3n) is 2.51. The Bertz CT molecular complexity index is 342. The summed E-state index contributed by atoms with van der Waals surface area (Å²) in [6.07, 6.45) is 1.65. The van der Waals surface area contributed by atoms with Crippen molar-refractivity contribution in [2.75, 3.05) is 19.8 Å². The first-order valence-corrected chi connectivity index (χ1v) is 5.20. The van der Waals surface area contributed by atoms with Crippen LogP contribution in [0.1, 0.15) is 17.4 Å². The van der Waals surface area contributed by atoms with Gasteiger partial charge >= 0.3 is 0 Å². The molecule has 0 amide bonds. The summed E-state index contributed by atoms with van der Waals surface area (Å²) in [7, 11) is 0. The minimum atomic E-state index is -0.222. The predicted octanol–water partition coefficient (Wildman–Crippen LogP) is 0.0741. The normalized spacial score (nSPS) is 21.5. The molecule has 1 unspecified atom stereocenters. The lowest BCUT2D eigenvalue weighted by Gasteiger charge is -2.22. The number of nitrogens with zero attached hydrogens (tertiary/aromatic N) is 2. The zero-order valence-corrected chi connectivity index (χ0v) is 8.77. The zero-order valence-electron chi connectivity index (χ0n) is 8.77. The fourth-order valence-electron chi connectivity index (χ4n) is 1.71. The largest absolute Gasteiger partial charge is 0.378 e. The maximum Gasteiger partial charge on any atom is 0.200 e. The summed E-state index contributed by atoms with van der Waals surface area (Å²) in [6.45, 7) is 4.54. The fourth-order valence-corrected chi connectivity index (χ4v) is 1.71. The Kier molecular flexibility index (Phi) is 3.13. The molecule has 1 saturated heterocycles. The molecule has 0 saturated carbocycles. The maximum absolute atomic E-state index is 12.0. The molecule has 0 bridgehead atoms. The summed E-state index contributed by atoms with van der Waals surface area (Å²) >= 11 is 0. The molecule has 82 valence electrons. The lowest BCUT2D eigenvalue weighted by molar-refractivity contribution is 0.0600. The first kappa shape index (κ1) is 10.3. The van der Waals surface area contributed by atoms with Crippen molar-refractivity contribution in [3.05, 3.63) is 18.0 Å². The van der Waals surface area contributed by atoms with Gasteiger partial charge in [-0.15, -0.1) is 0 Å². The topological polar surface area (TPSA) is 56.2 Å². The van der Waals surface area contributed by atoms with E-state index in [-0.39, 0.29) is 11.8 Å². The standard InChI is InChI=1S/C10H15N3O2/c1-2-13-9(3-4-12-13)10(14)8-7-15-6-5-11-8/h3-4,8,11H,2,5-7H2,1H3. The van der Waals surface area contributed by atoms with Crippen LogP contribution in [-0.2, 0) is 11.3 Å². The summed E-state index contributed by atoms with van der Waals surface area (Å²) in [5.74, 6) is 0.0639. The minimum Gasteiger partial charge on any atom is -0.378 e. The van der Waals surface area contributed by atoms with Gasteiger partial charge in [0, 0.05) is 19.3 Å². The van der Waals surface area contributed by atoms with Gasteiger partial charge in [0.05, 0.1) is 19.3 Å². The number of ketones is 1. The molecule has 1 aliphatic heterocycles. The number of ether oxygens (including phenoxy) is 1. The van der Waals surface area contributed by atoms with Gasteiger partial charge in [-0.05, 0) is 13.0 Å². The molecular weight excluding hydrogens is 194 g/mol. The van der Waals surface area contributed by atoms with E-state index in [0.29, 0.717) is 25.5 Å². The predicted molar refractivity (Wildman–Crippen MR) is 54.8 cm³/mol. The van der Waals surface area contributed by atoms with E-state index in [9.17, 15) is 4.79 Å². The fraction of sp³-hybridized carbons (Fsp3) is 0.600. The summed E-state index contributed by atoms with van der Waals surface area (Å²) < 4.78 is 6.97. The average molecular weight is 209 g/mol. The molecule has 0 spiro atoms. The highest BCUT2D eigenvalue weighted by Crippen LogP contribution is 2.06. The molecule has 2 rings (SSSR count). The molecule has 1 aliphatic rings. The first-order chi connectivity index (χ1) is 7.33. The van der Waals surface area contributed by atoms with Gasteiger partial charge in [-0.2, -0.15) is 5.10 Å². The van der Waals surface area contributed by atoms with Crippen molar-refractivity contribution in [2.24, 2.45) is 0 Å². The lowest BCUT2D eigenvalue weighted by atomic mass is 10.1. The highest BCUT2D eigenvalue weighted by atomic mass is 16.5. The van der Waals surface area contributed by atoms with Gasteiger partial charge in [0.15, 0.2) is 5.78 Å². The Balaban J connectivity index is 2.12. The molecule has 1 atom stereocenters. The molecule has 0 aromatic carbocycles. The number of carbonyl (C=O) groups excluding carboxylic acids is 1. The van der Waals surface area contributed by atoms with Crippen LogP contribution in [0.5, 0.6) is 0 Å². The minimum absolute atomic E-state index is 0.0639. The number of hydrogen-bond acceptors (Lipinski definition) is 4. The van der Waals surface area contributed by atoms with Crippen molar-refractivity contribution in [1.29, 1.82) is 0 Å². The van der Waals surface area contributed by atoms with Gasteiger partial charge in [0.25, 0.3) is 0 Å². The Morgan fingerprint density at radius 3 is 3.33 bits per heavy atom. The van der Waals surface area contributed by atoms with Crippen LogP contribution in [0, 0.1) is 0 Å². The van der Waals surface area contributed by atoms with E-state index in [2.05, 4.69) is 10.4 Å². The number of aryl methyl sites for hydroxylation is 1. The molecule has 0 radical (unpaired) electrons. The number of carbonyl (C=O) groups is 1. The number of nitrogens with one attached hydrogen (secondary N) is 1. The van der Waals surface area contributed by atoms with Crippen molar-refractivity contribution >= 4 is 5.78 Å². The van der Waals surface area contributed by atoms with Crippen LogP contribution >= 0.6 is 0 Å². The van der Waals surface area contributed by atoms with Crippen LogP contribution in [0.4, 0.5) is 0 Å². The van der Waals surface area contributed by atoms with E-state index in [4.69, 9.17) is 4.74 Å². The smallest absolute Gasteiger partial charge is 0.200 e. The van der Waals surface area contributed by atoms with Crippen molar-refractivity contribution in [3.8, 4) is 0 Å². The van der Waals surface area contributed by atoms with Gasteiger partial charge in [0.2, 0.25) is 0 Å². The average Bonchev–Trinajstić information content (AvgIpc) is 2.77. The molecular formula is C10H15N3O2. The summed E-state index contributed by atoms with van der Waals surface area (Å²) in [5.41, 5.74) is 0.653. The zero-order chi connectivity index (χ0) is 10.7. The highest BCUT2D eigenvalue weighted by molar-refractivity contribution is 5.98. The van der Waals surface area contributed by atoms with E-state index in [1.807, 2.05) is 6.92 Å². The van der Waals surface area contributed by atoms with Gasteiger partial charge in [-0.25, -0.2) is 0 Å². The van der Waals surface area contributed by atoms with Crippen LogP contribution in [-0.4, -0.2) is 41.4 Å². The van der Waals surface area contributed by atoms with Crippen LogP contribution in [0.15, 0.2) is 12.3 Å². The van der Waals surface area contributed by atoms with Gasteiger partial charge in [-0.3, -0.25) is 9.48 Å². The number of Topliss-reactive ketones (excluding diaryl/α,β-unsaturated/α-hetero) is 1. The van der Waals surface area contributed by atoms with Crippen molar-refractivity contribution in [2.45, 2.75) is 19.5 Å². The van der Waals surface area contributed by atoms with E-state index in [1.54, 1.807) is 16.9 Å². The van der Waals surface area contributed by atoms with Gasteiger partial charge in [0.1, 0.15) is 5.69 Å². The monoisotopic (exact) mass is 209 g/mol.